The molecule has 0 heterocycles. The minimum Gasteiger partial charge on any atom is -0.504 e. The van der Waals surface area contributed by atoms with Gasteiger partial charge in [-0.25, -0.2) is 0 Å². The van der Waals surface area contributed by atoms with Crippen molar-refractivity contribution < 1.29 is 24.3 Å². The summed E-state index contributed by atoms with van der Waals surface area (Å²) in [5, 5.41) is 18.0. The van der Waals surface area contributed by atoms with Gasteiger partial charge in [0.25, 0.3) is 0 Å². The first kappa shape index (κ1) is 13.8. The summed E-state index contributed by atoms with van der Waals surface area (Å²) in [6.07, 6.45) is 0. The Labute approximate surface area is 90.5 Å². The van der Waals surface area contributed by atoms with Gasteiger partial charge in [0.15, 0.2) is 23.6 Å². The van der Waals surface area contributed by atoms with Crippen molar-refractivity contribution in [1.29, 1.82) is 0 Å². The molecule has 82 valence electrons. The fourth-order valence-corrected chi connectivity index (χ4v) is 1.24. The van der Waals surface area contributed by atoms with E-state index < -0.39 is 8.15 Å². The number of phenols is 2. The second kappa shape index (κ2) is 6.33. The molecule has 15 heavy (non-hydrogen) atoms. The van der Waals surface area contributed by atoms with Gasteiger partial charge >= 0.3 is 0 Å². The topological polar surface area (TPSA) is 83.8 Å². The maximum atomic E-state index is 10.3. The molecule has 5 nitrogen and oxygen atoms in total. The van der Waals surface area contributed by atoms with Crippen LogP contribution in [0.2, 0.25) is 0 Å². The number of hydrogen-bond acceptors (Lipinski definition) is 5. The predicted octanol–water partition coefficient (Wildman–Crippen LogP) is 1.31. The summed E-state index contributed by atoms with van der Waals surface area (Å²) in [6.45, 7) is 0. The molecule has 0 radical (unpaired) electrons. The molecule has 1 unspecified atom stereocenters. The van der Waals surface area contributed by atoms with Crippen LogP contribution >= 0.6 is 18.0 Å². The molecule has 1 aromatic carbocycles. The summed E-state index contributed by atoms with van der Waals surface area (Å²) in [4.78, 5) is 20.5. The highest BCUT2D eigenvalue weighted by molar-refractivity contribution is 7.81. The Hall–Kier alpha value is -1.18. The first-order valence-electron chi connectivity index (χ1n) is 3.56. The molecular formula is C8H10O5P2. The summed E-state index contributed by atoms with van der Waals surface area (Å²) >= 11 is 0. The Morgan fingerprint density at radius 2 is 1.73 bits per heavy atom. The Morgan fingerprint density at radius 1 is 1.13 bits per heavy atom. The molecule has 1 atom stereocenters. The third kappa shape index (κ3) is 3.82. The van der Waals surface area contributed by atoms with Crippen LogP contribution in [-0.2, 0) is 9.59 Å². The molecule has 0 aliphatic heterocycles. The highest BCUT2D eigenvalue weighted by atomic mass is 31.1. The fourth-order valence-electron chi connectivity index (χ4n) is 0.750. The van der Waals surface area contributed by atoms with E-state index in [-0.39, 0.29) is 27.1 Å². The molecule has 0 aromatic heterocycles. The van der Waals surface area contributed by atoms with Crippen molar-refractivity contribution in [2.75, 3.05) is 0 Å². The third-order valence-corrected chi connectivity index (χ3v) is 2.20. The number of carbonyl (C=O) groups is 2. The number of carbonyl (C=O) groups excluding carboxylic acids is 2. The molecule has 0 saturated carbocycles. The van der Waals surface area contributed by atoms with Crippen LogP contribution in [0.5, 0.6) is 17.2 Å². The van der Waals surface area contributed by atoms with Gasteiger partial charge in [-0.2, -0.15) is 9.90 Å². The Kier molecular flexibility index (Phi) is 5.83. The average molecular weight is 248 g/mol. The van der Waals surface area contributed by atoms with Crippen LogP contribution in [0.3, 0.4) is 0 Å². The Bertz CT molecular complexity index is 347. The number of benzene rings is 1. The quantitative estimate of drug-likeness (QED) is 0.476. The van der Waals surface area contributed by atoms with Crippen LogP contribution in [0.4, 0.5) is 0 Å². The monoisotopic (exact) mass is 248 g/mol. The van der Waals surface area contributed by atoms with Crippen LogP contribution < -0.4 is 4.52 Å². The standard InChI is InChI=1S/C8H7O5P.H3P/c9-4-14(5-10)13-6-1-2-7(11)8(12)3-6;/h1-5,11-12H;1H3. The highest BCUT2D eigenvalue weighted by Gasteiger charge is 2.09. The highest BCUT2D eigenvalue weighted by Crippen LogP contribution is 2.36. The van der Waals surface area contributed by atoms with E-state index in [0.29, 0.717) is 12.1 Å². The van der Waals surface area contributed by atoms with Gasteiger partial charge in [-0.05, 0) is 12.1 Å². The van der Waals surface area contributed by atoms with E-state index in [1.165, 1.54) is 12.1 Å². The first-order valence-corrected chi connectivity index (χ1v) is 4.96. The maximum absolute atomic E-state index is 10.3. The zero-order chi connectivity index (χ0) is 10.6. The summed E-state index contributed by atoms with van der Waals surface area (Å²) in [6, 6.07) is 4.46. The van der Waals surface area contributed by atoms with E-state index >= 15 is 0 Å². The molecule has 0 amide bonds. The minimum absolute atomic E-state index is 0. The second-order valence-corrected chi connectivity index (χ2v) is 3.64. The fraction of sp³-hybridized carbons (Fsp3) is 0. The zero-order valence-electron chi connectivity index (χ0n) is 7.66. The van der Waals surface area contributed by atoms with Gasteiger partial charge in [0, 0.05) is 6.07 Å². The molecule has 0 saturated heterocycles. The Morgan fingerprint density at radius 3 is 2.20 bits per heavy atom. The molecule has 0 spiro atoms. The molecule has 0 aliphatic rings. The molecule has 0 bridgehead atoms. The van der Waals surface area contributed by atoms with Gasteiger partial charge in [-0.3, -0.25) is 9.59 Å². The van der Waals surface area contributed by atoms with Gasteiger partial charge in [0.05, 0.1) is 0 Å². The lowest BCUT2D eigenvalue weighted by Crippen LogP contribution is -1.88. The number of aromatic hydroxyl groups is 2. The van der Waals surface area contributed by atoms with Crippen LogP contribution in [0.15, 0.2) is 18.2 Å². The van der Waals surface area contributed by atoms with Gasteiger partial charge < -0.3 is 14.7 Å². The molecule has 1 aromatic rings. The van der Waals surface area contributed by atoms with Crippen LogP contribution in [0, 0.1) is 0 Å². The normalized spacial score (nSPS) is 9.13. The summed E-state index contributed by atoms with van der Waals surface area (Å²) in [5.74, 6) is -0.501. The van der Waals surface area contributed by atoms with E-state index in [4.69, 9.17) is 14.7 Å². The van der Waals surface area contributed by atoms with Crippen molar-refractivity contribution in [3.63, 3.8) is 0 Å². The third-order valence-electron chi connectivity index (χ3n) is 1.37. The van der Waals surface area contributed by atoms with Crippen molar-refractivity contribution in [2.24, 2.45) is 0 Å². The molecule has 1 rings (SSSR count). The minimum atomic E-state index is -1.81. The summed E-state index contributed by atoms with van der Waals surface area (Å²) in [5.41, 5.74) is 0. The molecular weight excluding hydrogens is 238 g/mol. The van der Waals surface area contributed by atoms with Crippen LogP contribution in [0.1, 0.15) is 0 Å². The Balaban J connectivity index is 0.00000196. The zero-order valence-corrected chi connectivity index (χ0v) is 9.97. The van der Waals surface area contributed by atoms with Crippen LogP contribution in [-0.4, -0.2) is 22.3 Å². The van der Waals surface area contributed by atoms with E-state index in [0.717, 1.165) is 6.07 Å². The number of hydrogen-bond donors (Lipinski definition) is 2. The van der Waals surface area contributed by atoms with Crippen molar-refractivity contribution >= 4 is 30.1 Å². The lowest BCUT2D eigenvalue weighted by molar-refractivity contribution is 0.401. The number of phenolic OH excluding ortho intramolecular Hbond substituents is 2. The maximum Gasteiger partial charge on any atom is 0.217 e. The van der Waals surface area contributed by atoms with Crippen molar-refractivity contribution in [3.05, 3.63) is 18.2 Å². The number of rotatable bonds is 4. The van der Waals surface area contributed by atoms with Gasteiger partial charge in [0.2, 0.25) is 8.15 Å². The molecule has 0 fully saturated rings. The second-order valence-electron chi connectivity index (χ2n) is 2.31. The van der Waals surface area contributed by atoms with Crippen molar-refractivity contribution in [1.82, 2.24) is 0 Å². The van der Waals surface area contributed by atoms with Gasteiger partial charge in [0.1, 0.15) is 5.75 Å². The van der Waals surface area contributed by atoms with E-state index in [9.17, 15) is 9.59 Å². The average Bonchev–Trinajstić information content (AvgIpc) is 2.19. The van der Waals surface area contributed by atoms with Gasteiger partial charge in [-0.15, -0.1) is 0 Å². The molecule has 0 aliphatic carbocycles. The lowest BCUT2D eigenvalue weighted by Gasteiger charge is -2.07. The van der Waals surface area contributed by atoms with E-state index in [1.54, 1.807) is 0 Å². The summed E-state index contributed by atoms with van der Waals surface area (Å²) < 4.78 is 4.91. The van der Waals surface area contributed by atoms with E-state index in [1.807, 2.05) is 0 Å². The van der Waals surface area contributed by atoms with Crippen LogP contribution in [0.25, 0.3) is 0 Å². The lowest BCUT2D eigenvalue weighted by atomic mass is 10.3. The van der Waals surface area contributed by atoms with E-state index in [2.05, 4.69) is 0 Å². The SMILES string of the molecule is O=CP(C=O)Oc1ccc(O)c(O)c1.P. The largest absolute Gasteiger partial charge is 0.504 e. The molecule has 7 heteroatoms. The summed E-state index contributed by atoms with van der Waals surface area (Å²) in [7, 11) is -1.81. The smallest absolute Gasteiger partial charge is 0.217 e. The van der Waals surface area contributed by atoms with Gasteiger partial charge in [-0.1, -0.05) is 0 Å². The van der Waals surface area contributed by atoms with Crippen molar-refractivity contribution in [3.8, 4) is 17.2 Å². The molecule has 2 N–H and O–H groups in total. The first-order chi connectivity index (χ1) is 6.67. The predicted molar refractivity (Wildman–Crippen MR) is 61.9 cm³/mol. The van der Waals surface area contributed by atoms with Crippen molar-refractivity contribution in [2.45, 2.75) is 0 Å².